The fourth-order valence-corrected chi connectivity index (χ4v) is 11.4. The van der Waals surface area contributed by atoms with Gasteiger partial charge in [-0.2, -0.15) is 0 Å². The summed E-state index contributed by atoms with van der Waals surface area (Å²) in [5.41, 5.74) is 0.194. The lowest BCUT2D eigenvalue weighted by molar-refractivity contribution is -0.245. The van der Waals surface area contributed by atoms with Gasteiger partial charge in [-0.1, -0.05) is 39.8 Å². The molecule has 0 spiro atoms. The number of aliphatic carboxylic acids is 1. The zero-order chi connectivity index (χ0) is 24.9. The summed E-state index contributed by atoms with van der Waals surface area (Å²) in [7, 11) is 0. The topological polar surface area (TPSA) is 74.6 Å². The molecule has 11 atom stereocenters. The molecule has 0 amide bonds. The van der Waals surface area contributed by atoms with E-state index in [1.807, 2.05) is 6.92 Å². The van der Waals surface area contributed by atoms with Crippen LogP contribution in [0.2, 0.25) is 0 Å². The third-order valence-corrected chi connectivity index (χ3v) is 13.4. The Balaban J connectivity index is 1.57. The van der Waals surface area contributed by atoms with Crippen molar-refractivity contribution >= 4 is 12.3 Å². The SMILES string of the molecule is C=C(C)[C@@H]1CC[C@]2(C(=O)O)CC[C@]3(C)[C@H](CC[C@@H]4[C@@]5(C)CC[C@@H](O)[C@@](C)(C=O)[C@@H]5CC[C@]43C)[C@@H]12. The molecule has 0 radical (unpaired) electrons. The highest BCUT2D eigenvalue weighted by molar-refractivity contribution is 5.76. The molecule has 0 aliphatic heterocycles. The minimum absolute atomic E-state index is 0.0423. The predicted octanol–water partition coefficient (Wildman–Crippen LogP) is 6.27. The van der Waals surface area contributed by atoms with E-state index in [0.29, 0.717) is 24.2 Å². The van der Waals surface area contributed by atoms with Crippen molar-refractivity contribution in [1.29, 1.82) is 0 Å². The number of carboxylic acids is 1. The van der Waals surface area contributed by atoms with Gasteiger partial charge in [0.2, 0.25) is 0 Å². The number of aliphatic hydroxyl groups is 1. The summed E-state index contributed by atoms with van der Waals surface area (Å²) < 4.78 is 0. The standard InChI is InChI=1S/C30H46O4/c1-18(2)19-9-14-30(25(33)34)16-15-28(5)20(24(19)30)7-8-22-26(3)12-11-23(32)27(4,17-31)21(26)10-13-29(22,28)6/h17,19-24,32H,1,7-16H2,2-6H3,(H,33,34)/t19-,20+,21+,22+,23+,24+,26-,27-,28+,29+,30-/m0/s1. The lowest BCUT2D eigenvalue weighted by atomic mass is 9.32. The van der Waals surface area contributed by atoms with Crippen LogP contribution in [0.5, 0.6) is 0 Å². The fraction of sp³-hybridized carbons (Fsp3) is 0.867. The highest BCUT2D eigenvalue weighted by atomic mass is 16.4. The molecule has 0 bridgehead atoms. The molecule has 0 aromatic rings. The smallest absolute Gasteiger partial charge is 0.309 e. The summed E-state index contributed by atoms with van der Waals surface area (Å²) in [5.74, 6) is 1.07. The molecule has 0 heterocycles. The predicted molar refractivity (Wildman–Crippen MR) is 133 cm³/mol. The van der Waals surface area contributed by atoms with Crippen molar-refractivity contribution in [1.82, 2.24) is 0 Å². The van der Waals surface area contributed by atoms with Gasteiger partial charge in [-0.15, -0.1) is 0 Å². The zero-order valence-electron chi connectivity index (χ0n) is 22.0. The van der Waals surface area contributed by atoms with Crippen LogP contribution in [0.3, 0.4) is 0 Å². The highest BCUT2D eigenvalue weighted by Crippen LogP contribution is 2.77. The van der Waals surface area contributed by atoms with Gasteiger partial charge < -0.3 is 15.0 Å². The van der Waals surface area contributed by atoms with Crippen molar-refractivity contribution in [2.24, 2.45) is 56.7 Å². The van der Waals surface area contributed by atoms with E-state index in [1.165, 1.54) is 5.57 Å². The molecule has 0 unspecified atom stereocenters. The van der Waals surface area contributed by atoms with Crippen LogP contribution in [0.15, 0.2) is 12.2 Å². The first kappa shape index (κ1) is 24.5. The van der Waals surface area contributed by atoms with Crippen molar-refractivity contribution in [3.63, 3.8) is 0 Å². The second-order valence-corrected chi connectivity index (χ2v) is 14.2. The molecule has 0 aromatic carbocycles. The fourth-order valence-electron chi connectivity index (χ4n) is 11.4. The van der Waals surface area contributed by atoms with Crippen LogP contribution in [0.25, 0.3) is 0 Å². The van der Waals surface area contributed by atoms with Gasteiger partial charge >= 0.3 is 5.97 Å². The molecule has 0 aromatic heterocycles. The van der Waals surface area contributed by atoms with E-state index in [-0.39, 0.29) is 28.1 Å². The first-order valence-corrected chi connectivity index (χ1v) is 13.8. The molecule has 4 heteroatoms. The number of rotatable bonds is 3. The lowest BCUT2D eigenvalue weighted by Gasteiger charge is -2.72. The summed E-state index contributed by atoms with van der Waals surface area (Å²) in [6, 6.07) is 0. The van der Waals surface area contributed by atoms with E-state index < -0.39 is 22.9 Å². The number of fused-ring (bicyclic) bond motifs is 7. The van der Waals surface area contributed by atoms with Crippen molar-refractivity contribution in [2.45, 2.75) is 105 Å². The Morgan fingerprint density at radius 3 is 2.21 bits per heavy atom. The van der Waals surface area contributed by atoms with Crippen LogP contribution < -0.4 is 0 Å². The molecule has 2 N–H and O–H groups in total. The maximum Gasteiger partial charge on any atom is 0.309 e. The van der Waals surface area contributed by atoms with Crippen molar-refractivity contribution in [3.05, 3.63) is 12.2 Å². The lowest BCUT2D eigenvalue weighted by Crippen LogP contribution is -2.67. The number of carbonyl (C=O) groups excluding carboxylic acids is 1. The van der Waals surface area contributed by atoms with Crippen LogP contribution in [-0.4, -0.2) is 28.6 Å². The molecule has 190 valence electrons. The van der Waals surface area contributed by atoms with Gasteiger partial charge in [-0.25, -0.2) is 0 Å². The third kappa shape index (κ3) is 2.70. The second-order valence-electron chi connectivity index (χ2n) is 14.2. The van der Waals surface area contributed by atoms with Crippen molar-refractivity contribution in [3.8, 4) is 0 Å². The minimum Gasteiger partial charge on any atom is -0.481 e. The number of aldehydes is 1. The number of hydrogen-bond donors (Lipinski definition) is 2. The van der Waals surface area contributed by atoms with Crippen molar-refractivity contribution in [2.75, 3.05) is 0 Å². The summed E-state index contributed by atoms with van der Waals surface area (Å²) in [6.07, 6.45) is 10.0. The summed E-state index contributed by atoms with van der Waals surface area (Å²) in [5, 5.41) is 21.3. The first-order chi connectivity index (χ1) is 15.8. The van der Waals surface area contributed by atoms with E-state index in [9.17, 15) is 19.8 Å². The largest absolute Gasteiger partial charge is 0.481 e. The monoisotopic (exact) mass is 470 g/mol. The van der Waals surface area contributed by atoms with Crippen LogP contribution in [0.1, 0.15) is 98.8 Å². The minimum atomic E-state index is -0.659. The Labute approximate surface area is 206 Å². The summed E-state index contributed by atoms with van der Waals surface area (Å²) in [6.45, 7) is 15.9. The van der Waals surface area contributed by atoms with Gasteiger partial charge in [0, 0.05) is 0 Å². The second kappa shape index (κ2) is 7.43. The number of aliphatic hydroxyl groups excluding tert-OH is 1. The molecule has 4 nitrogen and oxygen atoms in total. The third-order valence-electron chi connectivity index (χ3n) is 13.4. The molecular weight excluding hydrogens is 424 g/mol. The van der Waals surface area contributed by atoms with Crippen LogP contribution in [0, 0.1) is 56.7 Å². The maximum absolute atomic E-state index is 12.8. The number of hydrogen-bond acceptors (Lipinski definition) is 3. The van der Waals surface area contributed by atoms with Crippen LogP contribution in [0.4, 0.5) is 0 Å². The Bertz CT molecular complexity index is 911. The molecule has 0 saturated heterocycles. The molecule has 5 fully saturated rings. The number of allylic oxidation sites excluding steroid dienone is 1. The van der Waals surface area contributed by atoms with E-state index in [0.717, 1.165) is 64.1 Å². The van der Waals surface area contributed by atoms with E-state index in [4.69, 9.17) is 0 Å². The molecule has 5 aliphatic carbocycles. The molecule has 5 rings (SSSR count). The average molecular weight is 471 g/mol. The van der Waals surface area contributed by atoms with Gasteiger partial charge in [0.25, 0.3) is 0 Å². The summed E-state index contributed by atoms with van der Waals surface area (Å²) >= 11 is 0. The Kier molecular flexibility index (Phi) is 5.36. The van der Waals surface area contributed by atoms with Gasteiger partial charge in [-0.3, -0.25) is 4.79 Å². The summed E-state index contributed by atoms with van der Waals surface area (Å²) in [4.78, 5) is 25.1. The quantitative estimate of drug-likeness (QED) is 0.377. The highest BCUT2D eigenvalue weighted by Gasteiger charge is 2.72. The Morgan fingerprint density at radius 2 is 1.59 bits per heavy atom. The van der Waals surface area contributed by atoms with E-state index in [2.05, 4.69) is 34.3 Å². The number of carboxylic acid groups (broad SMARTS) is 1. The molecular formula is C30H46O4. The van der Waals surface area contributed by atoms with Gasteiger partial charge in [-0.05, 0) is 117 Å². The van der Waals surface area contributed by atoms with Crippen molar-refractivity contribution < 1.29 is 19.8 Å². The van der Waals surface area contributed by atoms with Gasteiger partial charge in [0.1, 0.15) is 6.29 Å². The van der Waals surface area contributed by atoms with Crippen LogP contribution in [-0.2, 0) is 9.59 Å². The number of carbonyl (C=O) groups is 2. The van der Waals surface area contributed by atoms with E-state index in [1.54, 1.807) is 0 Å². The first-order valence-electron chi connectivity index (χ1n) is 13.8. The molecule has 34 heavy (non-hydrogen) atoms. The maximum atomic E-state index is 12.8. The Morgan fingerprint density at radius 1 is 0.882 bits per heavy atom. The molecule has 5 saturated carbocycles. The average Bonchev–Trinajstić information content (AvgIpc) is 3.18. The zero-order valence-corrected chi connectivity index (χ0v) is 22.0. The Hall–Kier alpha value is -1.16. The van der Waals surface area contributed by atoms with E-state index >= 15 is 0 Å². The van der Waals surface area contributed by atoms with Gasteiger partial charge in [0.05, 0.1) is 16.9 Å². The van der Waals surface area contributed by atoms with Gasteiger partial charge in [0.15, 0.2) is 0 Å². The molecule has 5 aliphatic rings. The normalized spacial score (nSPS) is 56.4. The van der Waals surface area contributed by atoms with Crippen LogP contribution >= 0.6 is 0 Å².